The molecule has 7 heteroatoms. The van der Waals surface area contributed by atoms with Crippen LogP contribution in [0.3, 0.4) is 0 Å². The first-order valence-electron chi connectivity index (χ1n) is 8.72. The summed E-state index contributed by atoms with van der Waals surface area (Å²) in [6, 6.07) is 9.12. The number of rotatable bonds is 10. The summed E-state index contributed by atoms with van der Waals surface area (Å²) in [7, 11) is 0. The number of amides is 1. The Morgan fingerprint density at radius 2 is 2.00 bits per heavy atom. The summed E-state index contributed by atoms with van der Waals surface area (Å²) in [6.45, 7) is 9.79. The van der Waals surface area contributed by atoms with Crippen LogP contribution in [0.25, 0.3) is 0 Å². The highest BCUT2D eigenvalue weighted by Crippen LogP contribution is 2.11. The summed E-state index contributed by atoms with van der Waals surface area (Å²) in [5, 5.41) is 11.1. The normalized spacial score (nSPS) is 12.2. The van der Waals surface area contributed by atoms with Gasteiger partial charge in [-0.1, -0.05) is 37.3 Å². The molecule has 0 bridgehead atoms. The molecule has 0 aliphatic rings. The largest absolute Gasteiger partial charge is 0.487 e. The quantitative estimate of drug-likeness (QED) is 0.712. The van der Waals surface area contributed by atoms with Crippen molar-refractivity contribution in [1.29, 1.82) is 0 Å². The van der Waals surface area contributed by atoms with Crippen molar-refractivity contribution in [2.24, 2.45) is 0 Å². The minimum Gasteiger partial charge on any atom is -0.487 e. The Morgan fingerprint density at radius 1 is 1.28 bits per heavy atom. The third-order valence-corrected chi connectivity index (χ3v) is 4.09. The van der Waals surface area contributed by atoms with Crippen LogP contribution in [0.2, 0.25) is 0 Å². The summed E-state index contributed by atoms with van der Waals surface area (Å²) in [6.07, 6.45) is 1.75. The van der Waals surface area contributed by atoms with Gasteiger partial charge in [-0.25, -0.2) is 4.68 Å². The Bertz CT molecular complexity index is 640. The van der Waals surface area contributed by atoms with Crippen LogP contribution in [0.1, 0.15) is 32.5 Å². The molecule has 0 aliphatic heterocycles. The second-order valence-corrected chi connectivity index (χ2v) is 5.79. The number of ether oxygens (including phenoxy) is 1. The zero-order valence-corrected chi connectivity index (χ0v) is 15.2. The molecule has 1 amide bonds. The highest BCUT2D eigenvalue weighted by Gasteiger charge is 2.16. The van der Waals surface area contributed by atoms with Crippen molar-refractivity contribution in [3.63, 3.8) is 0 Å². The molecule has 1 heterocycles. The van der Waals surface area contributed by atoms with E-state index in [1.165, 1.54) is 0 Å². The molecule has 0 spiro atoms. The fourth-order valence-corrected chi connectivity index (χ4v) is 2.39. The van der Waals surface area contributed by atoms with Gasteiger partial charge in [0.25, 0.3) is 0 Å². The van der Waals surface area contributed by atoms with Gasteiger partial charge in [0.1, 0.15) is 24.1 Å². The van der Waals surface area contributed by atoms with E-state index in [1.807, 2.05) is 37.3 Å². The second kappa shape index (κ2) is 9.78. The molecule has 1 atom stereocenters. The van der Waals surface area contributed by atoms with Gasteiger partial charge in [-0.05, 0) is 32.1 Å². The van der Waals surface area contributed by atoms with Crippen molar-refractivity contribution >= 4 is 5.91 Å². The number of nitrogens with one attached hydrogen (secondary N) is 1. The molecule has 1 aromatic heterocycles. The number of hydrogen-bond acceptors (Lipinski definition) is 5. The minimum atomic E-state index is -0.408. The van der Waals surface area contributed by atoms with Gasteiger partial charge in [-0.2, -0.15) is 0 Å². The van der Waals surface area contributed by atoms with Gasteiger partial charge < -0.3 is 15.0 Å². The third-order valence-electron chi connectivity index (χ3n) is 4.09. The number of carbonyl (C=O) groups is 1. The predicted octanol–water partition coefficient (Wildman–Crippen LogP) is 1.88. The van der Waals surface area contributed by atoms with Gasteiger partial charge in [0.15, 0.2) is 0 Å². The van der Waals surface area contributed by atoms with Crippen LogP contribution in [0.5, 0.6) is 5.75 Å². The summed E-state index contributed by atoms with van der Waals surface area (Å²) in [4.78, 5) is 14.5. The lowest BCUT2D eigenvalue weighted by Gasteiger charge is -2.19. The van der Waals surface area contributed by atoms with Crippen molar-refractivity contribution in [2.75, 3.05) is 26.2 Å². The van der Waals surface area contributed by atoms with Crippen molar-refractivity contribution in [2.45, 2.75) is 33.4 Å². The maximum Gasteiger partial charge on any atom is 0.244 e. The van der Waals surface area contributed by atoms with Gasteiger partial charge in [-0.3, -0.25) is 4.79 Å². The van der Waals surface area contributed by atoms with Crippen LogP contribution >= 0.6 is 0 Å². The number of carbonyl (C=O) groups excluding carboxylic acids is 1. The zero-order valence-electron chi connectivity index (χ0n) is 15.2. The first-order valence-corrected chi connectivity index (χ1v) is 8.72. The van der Waals surface area contributed by atoms with Crippen LogP contribution in [-0.4, -0.2) is 52.0 Å². The van der Waals surface area contributed by atoms with E-state index in [0.29, 0.717) is 18.8 Å². The molecule has 136 valence electrons. The molecule has 0 saturated carbocycles. The molecule has 0 fully saturated rings. The third kappa shape index (κ3) is 5.86. The lowest BCUT2D eigenvalue weighted by Crippen LogP contribution is -2.37. The maximum atomic E-state index is 12.2. The summed E-state index contributed by atoms with van der Waals surface area (Å²) >= 11 is 0. The monoisotopic (exact) mass is 345 g/mol. The Morgan fingerprint density at radius 3 is 2.68 bits per heavy atom. The van der Waals surface area contributed by atoms with Crippen LogP contribution in [-0.2, 0) is 11.4 Å². The molecule has 0 saturated heterocycles. The smallest absolute Gasteiger partial charge is 0.244 e. The Balaban J connectivity index is 1.80. The van der Waals surface area contributed by atoms with E-state index < -0.39 is 6.04 Å². The Hall–Kier alpha value is -2.41. The summed E-state index contributed by atoms with van der Waals surface area (Å²) in [5.74, 6) is 0.715. The first kappa shape index (κ1) is 18.9. The molecule has 1 N–H and O–H groups in total. The average molecular weight is 345 g/mol. The number of hydrogen-bond donors (Lipinski definition) is 1. The average Bonchev–Trinajstić information content (AvgIpc) is 3.12. The molecular weight excluding hydrogens is 318 g/mol. The van der Waals surface area contributed by atoms with Crippen LogP contribution < -0.4 is 10.1 Å². The van der Waals surface area contributed by atoms with E-state index in [9.17, 15) is 4.79 Å². The van der Waals surface area contributed by atoms with E-state index >= 15 is 0 Å². The molecule has 2 rings (SSSR count). The maximum absolute atomic E-state index is 12.2. The fourth-order valence-electron chi connectivity index (χ4n) is 2.39. The molecular formula is C18H27N5O2. The van der Waals surface area contributed by atoms with Gasteiger partial charge in [0.05, 0.1) is 6.20 Å². The van der Waals surface area contributed by atoms with Gasteiger partial charge in [-0.15, -0.1) is 5.10 Å². The minimum absolute atomic E-state index is 0.0624. The molecule has 7 nitrogen and oxygen atoms in total. The molecule has 25 heavy (non-hydrogen) atoms. The summed E-state index contributed by atoms with van der Waals surface area (Å²) in [5.41, 5.74) is 0.687. The molecule has 0 aliphatic carbocycles. The highest BCUT2D eigenvalue weighted by molar-refractivity contribution is 5.79. The van der Waals surface area contributed by atoms with E-state index in [4.69, 9.17) is 4.74 Å². The van der Waals surface area contributed by atoms with Crippen LogP contribution in [0.4, 0.5) is 0 Å². The lowest BCUT2D eigenvalue weighted by atomic mass is 10.3. The summed E-state index contributed by atoms with van der Waals surface area (Å²) < 4.78 is 7.21. The number of likely N-dealkylation sites (N-methyl/N-ethyl adjacent to an activating group) is 1. The van der Waals surface area contributed by atoms with E-state index in [2.05, 4.69) is 34.4 Å². The topological polar surface area (TPSA) is 72.3 Å². The van der Waals surface area contributed by atoms with Gasteiger partial charge >= 0.3 is 0 Å². The first-order chi connectivity index (χ1) is 12.1. The molecule has 0 radical (unpaired) electrons. The predicted molar refractivity (Wildman–Crippen MR) is 96.3 cm³/mol. The second-order valence-electron chi connectivity index (χ2n) is 5.79. The lowest BCUT2D eigenvalue weighted by molar-refractivity contribution is -0.124. The molecule has 0 unspecified atom stereocenters. The Labute approximate surface area is 149 Å². The Kier molecular flexibility index (Phi) is 7.40. The van der Waals surface area contributed by atoms with Crippen LogP contribution in [0.15, 0.2) is 36.5 Å². The van der Waals surface area contributed by atoms with Crippen molar-refractivity contribution < 1.29 is 9.53 Å². The van der Waals surface area contributed by atoms with Crippen molar-refractivity contribution in [3.05, 3.63) is 42.2 Å². The van der Waals surface area contributed by atoms with E-state index in [0.717, 1.165) is 25.4 Å². The zero-order chi connectivity index (χ0) is 18.1. The van der Waals surface area contributed by atoms with Crippen molar-refractivity contribution in [3.8, 4) is 5.75 Å². The highest BCUT2D eigenvalue weighted by atomic mass is 16.5. The van der Waals surface area contributed by atoms with Gasteiger partial charge in [0.2, 0.25) is 5.91 Å². The molecule has 2 aromatic rings. The number of aromatic nitrogens is 3. The number of benzene rings is 1. The fraction of sp³-hybridized carbons (Fsp3) is 0.500. The standard InChI is InChI=1S/C18H27N5O2/c1-4-22(5-2)12-11-19-18(24)15(3)23-13-16(20-21-23)14-25-17-9-7-6-8-10-17/h6-10,13,15H,4-5,11-12,14H2,1-3H3,(H,19,24)/t15-/m0/s1. The number of nitrogens with zero attached hydrogens (tertiary/aromatic N) is 4. The van der Waals surface area contributed by atoms with E-state index in [1.54, 1.807) is 10.9 Å². The van der Waals surface area contributed by atoms with Gasteiger partial charge in [0, 0.05) is 13.1 Å². The number of para-hydroxylation sites is 1. The van der Waals surface area contributed by atoms with Crippen molar-refractivity contribution in [1.82, 2.24) is 25.2 Å². The van der Waals surface area contributed by atoms with E-state index in [-0.39, 0.29) is 5.91 Å². The van der Waals surface area contributed by atoms with Crippen LogP contribution in [0, 0.1) is 0 Å². The molecule has 1 aromatic carbocycles. The SMILES string of the molecule is CCN(CC)CCNC(=O)[C@H](C)n1cc(COc2ccccc2)nn1.